The van der Waals surface area contributed by atoms with Gasteiger partial charge in [0.1, 0.15) is 0 Å². The molecule has 0 spiro atoms. The van der Waals surface area contributed by atoms with Crippen molar-refractivity contribution in [2.45, 2.75) is 23.4 Å². The van der Waals surface area contributed by atoms with Gasteiger partial charge in [-0.15, -0.1) is 11.8 Å². The molecule has 0 aliphatic carbocycles. The van der Waals surface area contributed by atoms with Gasteiger partial charge in [0.2, 0.25) is 0 Å². The number of alkyl halides is 3. The molecule has 0 fully saturated rings. The van der Waals surface area contributed by atoms with Crippen LogP contribution < -0.4 is 11.5 Å². The van der Waals surface area contributed by atoms with Gasteiger partial charge in [0, 0.05) is 30.4 Å². The predicted octanol–water partition coefficient (Wildman–Crippen LogP) is 2.21. The minimum atomic E-state index is -5.08. The van der Waals surface area contributed by atoms with Crippen LogP contribution in [0.2, 0.25) is 0 Å². The molecule has 28 heavy (non-hydrogen) atoms. The molecule has 3 rings (SSSR count). The van der Waals surface area contributed by atoms with Crippen LogP contribution >= 0.6 is 11.8 Å². The summed E-state index contributed by atoms with van der Waals surface area (Å²) >= 11 is 1.70. The first kappa shape index (κ1) is 21.6. The van der Waals surface area contributed by atoms with Crippen molar-refractivity contribution in [3.8, 4) is 0 Å². The molecule has 0 bridgehead atoms. The number of oxazole rings is 1. The highest BCUT2D eigenvalue weighted by molar-refractivity contribution is 7.98. The van der Waals surface area contributed by atoms with E-state index in [0.29, 0.717) is 12.1 Å². The molecule has 0 atom stereocenters. The second-order valence-electron chi connectivity index (χ2n) is 5.55. The number of fused-ring (bicyclic) bond motifs is 1. The SMILES string of the molecule is Cn1c(=O)oc2ccc(CSc3cnn(CCN)c3)cc21.O=C(O)C(F)(F)F. The van der Waals surface area contributed by atoms with E-state index in [1.54, 1.807) is 18.8 Å². The quantitative estimate of drug-likeness (QED) is 0.610. The number of carboxylic acids is 1. The second-order valence-corrected chi connectivity index (χ2v) is 6.60. The molecule has 0 aliphatic rings. The number of carboxylic acid groups (broad SMARTS) is 1. The lowest BCUT2D eigenvalue weighted by molar-refractivity contribution is -0.192. The molecule has 0 radical (unpaired) electrons. The van der Waals surface area contributed by atoms with Gasteiger partial charge in [-0.3, -0.25) is 9.25 Å². The Bertz CT molecular complexity index is 1010. The van der Waals surface area contributed by atoms with Crippen molar-refractivity contribution in [2.75, 3.05) is 6.54 Å². The summed E-state index contributed by atoms with van der Waals surface area (Å²) in [5.74, 6) is -2.28. The third-order valence-corrected chi connectivity index (χ3v) is 4.49. The number of thioether (sulfide) groups is 1. The molecular formula is C16H17F3N4O4S. The normalized spacial score (nSPS) is 11.3. The average Bonchev–Trinajstić information content (AvgIpc) is 3.18. The summed E-state index contributed by atoms with van der Waals surface area (Å²) in [5.41, 5.74) is 8.07. The number of aromatic nitrogens is 3. The van der Waals surface area contributed by atoms with Gasteiger partial charge in [-0.2, -0.15) is 18.3 Å². The lowest BCUT2D eigenvalue weighted by Gasteiger charge is -2.00. The molecule has 12 heteroatoms. The summed E-state index contributed by atoms with van der Waals surface area (Å²) in [7, 11) is 1.71. The van der Waals surface area contributed by atoms with Gasteiger partial charge < -0.3 is 15.3 Å². The van der Waals surface area contributed by atoms with E-state index in [1.165, 1.54) is 4.57 Å². The standard InChI is InChI=1S/C14H16N4O2S.C2HF3O2/c1-17-12-6-10(2-3-13(12)20-14(17)19)9-21-11-7-16-18(8-11)5-4-15;3-2(4,5)1(6)7/h2-3,6-8H,4-5,9,15H2,1H3;(H,6,7). The van der Waals surface area contributed by atoms with Gasteiger partial charge in [-0.05, 0) is 17.7 Å². The van der Waals surface area contributed by atoms with Gasteiger partial charge in [0.25, 0.3) is 0 Å². The Balaban J connectivity index is 0.000000345. The Labute approximate surface area is 160 Å². The number of aliphatic carboxylic acids is 1. The summed E-state index contributed by atoms with van der Waals surface area (Å²) < 4.78 is 40.2. The molecule has 3 N–H and O–H groups in total. The van der Waals surface area contributed by atoms with Gasteiger partial charge in [0.15, 0.2) is 5.58 Å². The fraction of sp³-hybridized carbons (Fsp3) is 0.312. The molecular weight excluding hydrogens is 401 g/mol. The zero-order chi connectivity index (χ0) is 20.9. The van der Waals surface area contributed by atoms with E-state index < -0.39 is 12.1 Å². The first-order valence-electron chi connectivity index (χ1n) is 7.85. The van der Waals surface area contributed by atoms with E-state index in [2.05, 4.69) is 5.10 Å². The molecule has 0 amide bonds. The molecule has 0 aliphatic heterocycles. The fourth-order valence-corrected chi connectivity index (χ4v) is 2.93. The van der Waals surface area contributed by atoms with Gasteiger partial charge in [-0.1, -0.05) is 6.07 Å². The van der Waals surface area contributed by atoms with Crippen molar-refractivity contribution < 1.29 is 27.5 Å². The van der Waals surface area contributed by atoms with Gasteiger partial charge in [0.05, 0.1) is 18.3 Å². The molecule has 3 aromatic rings. The van der Waals surface area contributed by atoms with E-state index in [9.17, 15) is 18.0 Å². The highest BCUT2D eigenvalue weighted by Crippen LogP contribution is 2.24. The first-order valence-corrected chi connectivity index (χ1v) is 8.84. The Morgan fingerprint density at radius 2 is 2.07 bits per heavy atom. The number of hydrogen-bond acceptors (Lipinski definition) is 6. The average molecular weight is 418 g/mol. The molecule has 1 aromatic carbocycles. The first-order chi connectivity index (χ1) is 13.1. The largest absolute Gasteiger partial charge is 0.490 e. The summed E-state index contributed by atoms with van der Waals surface area (Å²) in [6, 6.07) is 5.80. The van der Waals surface area contributed by atoms with Crippen LogP contribution in [0.1, 0.15) is 5.56 Å². The van der Waals surface area contributed by atoms with Crippen LogP contribution in [0.4, 0.5) is 13.2 Å². The molecule has 0 unspecified atom stereocenters. The van der Waals surface area contributed by atoms with Crippen LogP contribution in [0, 0.1) is 0 Å². The number of hydrogen-bond donors (Lipinski definition) is 2. The zero-order valence-corrected chi connectivity index (χ0v) is 15.5. The van der Waals surface area contributed by atoms with E-state index in [0.717, 1.165) is 28.3 Å². The van der Waals surface area contributed by atoms with Crippen LogP contribution in [0.25, 0.3) is 11.1 Å². The van der Waals surface area contributed by atoms with E-state index in [1.807, 2.05) is 35.3 Å². The topological polar surface area (TPSA) is 116 Å². The van der Waals surface area contributed by atoms with Crippen molar-refractivity contribution in [1.82, 2.24) is 14.3 Å². The Morgan fingerprint density at radius 3 is 2.68 bits per heavy atom. The maximum Gasteiger partial charge on any atom is 0.490 e. The molecule has 0 saturated heterocycles. The van der Waals surface area contributed by atoms with Crippen LogP contribution in [0.5, 0.6) is 0 Å². The number of rotatable bonds is 5. The molecule has 0 saturated carbocycles. The predicted molar refractivity (Wildman–Crippen MR) is 96.0 cm³/mol. The Morgan fingerprint density at radius 1 is 1.39 bits per heavy atom. The lowest BCUT2D eigenvalue weighted by atomic mass is 10.2. The van der Waals surface area contributed by atoms with Crippen LogP contribution in [0.3, 0.4) is 0 Å². The van der Waals surface area contributed by atoms with Crippen molar-refractivity contribution in [3.05, 3.63) is 46.7 Å². The third kappa shape index (κ3) is 5.63. The van der Waals surface area contributed by atoms with Crippen LogP contribution in [-0.4, -0.2) is 38.1 Å². The number of nitrogens with two attached hydrogens (primary N) is 1. The smallest absolute Gasteiger partial charge is 0.475 e. The molecule has 2 heterocycles. The zero-order valence-electron chi connectivity index (χ0n) is 14.6. The van der Waals surface area contributed by atoms with Crippen LogP contribution in [0.15, 0.2) is 44.7 Å². The van der Waals surface area contributed by atoms with E-state index in [4.69, 9.17) is 20.1 Å². The van der Waals surface area contributed by atoms with Crippen molar-refractivity contribution >= 4 is 28.8 Å². The minimum Gasteiger partial charge on any atom is -0.475 e. The lowest BCUT2D eigenvalue weighted by Crippen LogP contribution is -2.21. The van der Waals surface area contributed by atoms with Crippen molar-refractivity contribution in [2.24, 2.45) is 12.8 Å². The fourth-order valence-electron chi connectivity index (χ4n) is 2.10. The molecule has 2 aromatic heterocycles. The van der Waals surface area contributed by atoms with Crippen molar-refractivity contribution in [1.29, 1.82) is 0 Å². The third-order valence-electron chi connectivity index (χ3n) is 3.47. The highest BCUT2D eigenvalue weighted by Gasteiger charge is 2.38. The maximum atomic E-state index is 11.5. The second kappa shape index (κ2) is 8.97. The van der Waals surface area contributed by atoms with Crippen molar-refractivity contribution in [3.63, 3.8) is 0 Å². The van der Waals surface area contributed by atoms with Gasteiger partial charge in [-0.25, -0.2) is 9.59 Å². The number of benzene rings is 1. The Hall–Kier alpha value is -2.73. The summed E-state index contributed by atoms with van der Waals surface area (Å²) in [5, 5.41) is 11.4. The highest BCUT2D eigenvalue weighted by atomic mass is 32.2. The van der Waals surface area contributed by atoms with Gasteiger partial charge >= 0.3 is 17.9 Å². The maximum absolute atomic E-state index is 11.5. The summed E-state index contributed by atoms with van der Waals surface area (Å²) in [6.45, 7) is 1.31. The minimum absolute atomic E-state index is 0.335. The number of aryl methyl sites for hydroxylation is 1. The molecule has 152 valence electrons. The summed E-state index contributed by atoms with van der Waals surface area (Å²) in [6.07, 6.45) is -1.25. The number of halogens is 3. The molecule has 8 nitrogen and oxygen atoms in total. The monoisotopic (exact) mass is 418 g/mol. The van der Waals surface area contributed by atoms with Crippen LogP contribution in [-0.2, 0) is 24.1 Å². The number of nitrogens with zero attached hydrogens (tertiary/aromatic N) is 3. The number of carbonyl (C=O) groups is 1. The van der Waals surface area contributed by atoms with E-state index >= 15 is 0 Å². The Kier molecular flexibility index (Phi) is 6.91. The summed E-state index contributed by atoms with van der Waals surface area (Å²) in [4.78, 5) is 21.5. The van der Waals surface area contributed by atoms with E-state index in [-0.39, 0.29) is 5.76 Å².